The summed E-state index contributed by atoms with van der Waals surface area (Å²) < 4.78 is 32.0. The minimum atomic E-state index is -1.98. The molecular weight excluding hydrogens is 239 g/mol. The van der Waals surface area contributed by atoms with E-state index in [2.05, 4.69) is 0 Å². The van der Waals surface area contributed by atoms with Crippen molar-refractivity contribution < 1.29 is 47.8 Å². The molecule has 16 heavy (non-hydrogen) atoms. The van der Waals surface area contributed by atoms with Crippen LogP contribution in [0.3, 0.4) is 0 Å². The van der Waals surface area contributed by atoms with E-state index in [9.17, 15) is 8.76 Å². The SMILES string of the molecule is O=S([O-])CC1CCC2(CCOCC2)CO1.[Na+]. The van der Waals surface area contributed by atoms with Gasteiger partial charge in [-0.15, -0.1) is 0 Å². The second-order valence-electron chi connectivity index (χ2n) is 4.55. The molecule has 2 saturated heterocycles. The Morgan fingerprint density at radius 2 is 2.00 bits per heavy atom. The van der Waals surface area contributed by atoms with Gasteiger partial charge in [0.05, 0.1) is 12.7 Å². The molecule has 2 heterocycles. The van der Waals surface area contributed by atoms with Crippen molar-refractivity contribution in [2.24, 2.45) is 5.41 Å². The zero-order valence-electron chi connectivity index (χ0n) is 9.78. The molecule has 0 aromatic rings. The van der Waals surface area contributed by atoms with E-state index < -0.39 is 11.1 Å². The average molecular weight is 256 g/mol. The predicted molar refractivity (Wildman–Crippen MR) is 55.2 cm³/mol. The maximum atomic E-state index is 10.5. The summed E-state index contributed by atoms with van der Waals surface area (Å²) in [6, 6.07) is 0. The summed E-state index contributed by atoms with van der Waals surface area (Å²) in [5.74, 6) is 0.145. The van der Waals surface area contributed by atoms with Gasteiger partial charge < -0.3 is 14.0 Å². The molecule has 88 valence electrons. The third-order valence-electron chi connectivity index (χ3n) is 3.50. The molecule has 2 aliphatic heterocycles. The van der Waals surface area contributed by atoms with E-state index in [1.54, 1.807) is 0 Å². The van der Waals surface area contributed by atoms with E-state index >= 15 is 0 Å². The van der Waals surface area contributed by atoms with Gasteiger partial charge in [0.25, 0.3) is 0 Å². The van der Waals surface area contributed by atoms with Crippen molar-refractivity contribution in [3.63, 3.8) is 0 Å². The fourth-order valence-electron chi connectivity index (χ4n) is 2.40. The summed E-state index contributed by atoms with van der Waals surface area (Å²) in [5.41, 5.74) is 0.277. The predicted octanol–water partition coefficient (Wildman–Crippen LogP) is -2.15. The Bertz CT molecular complexity index is 233. The third-order valence-corrected chi connectivity index (χ3v) is 4.14. The Morgan fingerprint density at radius 3 is 2.50 bits per heavy atom. The van der Waals surface area contributed by atoms with Crippen LogP contribution in [-0.4, -0.2) is 40.4 Å². The molecule has 2 atom stereocenters. The van der Waals surface area contributed by atoms with Gasteiger partial charge in [-0.25, -0.2) is 0 Å². The van der Waals surface area contributed by atoms with Crippen molar-refractivity contribution in [3.8, 4) is 0 Å². The molecule has 0 bridgehead atoms. The van der Waals surface area contributed by atoms with Gasteiger partial charge in [0.15, 0.2) is 0 Å². The summed E-state index contributed by atoms with van der Waals surface area (Å²) in [6.45, 7) is 2.35. The fourth-order valence-corrected chi connectivity index (χ4v) is 2.97. The monoisotopic (exact) mass is 256 g/mol. The van der Waals surface area contributed by atoms with Crippen LogP contribution < -0.4 is 29.6 Å². The van der Waals surface area contributed by atoms with Gasteiger partial charge in [-0.2, -0.15) is 0 Å². The van der Waals surface area contributed by atoms with Gasteiger partial charge in [0.1, 0.15) is 0 Å². The van der Waals surface area contributed by atoms with Crippen molar-refractivity contribution in [1.82, 2.24) is 0 Å². The molecule has 0 amide bonds. The van der Waals surface area contributed by atoms with Crippen molar-refractivity contribution in [3.05, 3.63) is 0 Å². The summed E-state index contributed by atoms with van der Waals surface area (Å²) in [7, 11) is 0. The van der Waals surface area contributed by atoms with E-state index in [-0.39, 0.29) is 46.8 Å². The Kier molecular flexibility index (Phi) is 6.44. The summed E-state index contributed by atoms with van der Waals surface area (Å²) in [6.07, 6.45) is 3.98. The number of ether oxygens (including phenoxy) is 2. The fraction of sp³-hybridized carbons (Fsp3) is 1.00. The van der Waals surface area contributed by atoms with E-state index in [1.165, 1.54) is 0 Å². The van der Waals surface area contributed by atoms with Gasteiger partial charge in [-0.1, -0.05) is 11.1 Å². The largest absolute Gasteiger partial charge is 1.00 e. The van der Waals surface area contributed by atoms with Crippen LogP contribution in [0.4, 0.5) is 0 Å². The van der Waals surface area contributed by atoms with Crippen LogP contribution in [-0.2, 0) is 20.6 Å². The second-order valence-corrected chi connectivity index (χ2v) is 5.50. The Balaban J connectivity index is 0.00000128. The van der Waals surface area contributed by atoms with E-state index in [1.807, 2.05) is 0 Å². The first-order valence-corrected chi connectivity index (χ1v) is 6.70. The van der Waals surface area contributed by atoms with Crippen molar-refractivity contribution in [2.75, 3.05) is 25.6 Å². The zero-order valence-corrected chi connectivity index (χ0v) is 12.6. The quantitative estimate of drug-likeness (QED) is 0.417. The minimum Gasteiger partial charge on any atom is -0.772 e. The standard InChI is InChI=1S/C10H18O4S.Na/c11-15(12)7-9-1-2-10(8-14-9)3-5-13-6-4-10;/h9H,1-8H2,(H,11,12);/q;+1/p-1. The molecule has 2 rings (SSSR count). The van der Waals surface area contributed by atoms with Crippen molar-refractivity contribution in [1.29, 1.82) is 0 Å². The molecule has 0 saturated carbocycles. The molecule has 6 heteroatoms. The van der Waals surface area contributed by atoms with Crippen LogP contribution in [0.25, 0.3) is 0 Å². The smallest absolute Gasteiger partial charge is 0.772 e. The van der Waals surface area contributed by atoms with Gasteiger partial charge >= 0.3 is 29.6 Å². The van der Waals surface area contributed by atoms with Gasteiger partial charge in [0.2, 0.25) is 0 Å². The average Bonchev–Trinajstić information content (AvgIpc) is 2.23. The molecular formula is C10H17NaO4S. The van der Waals surface area contributed by atoms with E-state index in [0.29, 0.717) is 6.61 Å². The normalized spacial score (nSPS) is 30.7. The Hall–Kier alpha value is 1.03. The molecule has 0 aromatic carbocycles. The van der Waals surface area contributed by atoms with E-state index in [4.69, 9.17) is 9.47 Å². The molecule has 2 fully saturated rings. The molecule has 0 radical (unpaired) electrons. The molecule has 0 aliphatic carbocycles. The first kappa shape index (κ1) is 15.1. The number of rotatable bonds is 2. The molecule has 1 spiro atoms. The molecule has 0 N–H and O–H groups in total. The van der Waals surface area contributed by atoms with E-state index in [0.717, 1.165) is 38.9 Å². The summed E-state index contributed by atoms with van der Waals surface area (Å²) >= 11 is -1.98. The first-order valence-electron chi connectivity index (χ1n) is 5.45. The number of hydrogen-bond acceptors (Lipinski definition) is 4. The minimum absolute atomic E-state index is 0. The summed E-state index contributed by atoms with van der Waals surface area (Å²) in [4.78, 5) is 0. The molecule has 0 aromatic heterocycles. The molecule has 2 aliphatic rings. The second kappa shape index (κ2) is 6.83. The van der Waals surface area contributed by atoms with Gasteiger partial charge in [-0.3, -0.25) is 4.21 Å². The van der Waals surface area contributed by atoms with Crippen molar-refractivity contribution in [2.45, 2.75) is 31.8 Å². The molecule has 2 unspecified atom stereocenters. The Labute approximate surface area is 121 Å². The Morgan fingerprint density at radius 1 is 1.31 bits per heavy atom. The third kappa shape index (κ3) is 4.05. The van der Waals surface area contributed by atoms with Gasteiger partial charge in [-0.05, 0) is 31.1 Å². The maximum Gasteiger partial charge on any atom is 1.00 e. The van der Waals surface area contributed by atoms with Crippen LogP contribution in [0.2, 0.25) is 0 Å². The van der Waals surface area contributed by atoms with Crippen LogP contribution in [0.15, 0.2) is 0 Å². The number of hydrogen-bond donors (Lipinski definition) is 0. The molecule has 4 nitrogen and oxygen atoms in total. The topological polar surface area (TPSA) is 58.6 Å². The van der Waals surface area contributed by atoms with Crippen LogP contribution >= 0.6 is 0 Å². The van der Waals surface area contributed by atoms with Crippen LogP contribution in [0.1, 0.15) is 25.7 Å². The summed E-state index contributed by atoms with van der Waals surface area (Å²) in [5, 5.41) is 0. The van der Waals surface area contributed by atoms with Crippen LogP contribution in [0, 0.1) is 5.41 Å². The zero-order chi connectivity index (χ0) is 10.7. The first-order chi connectivity index (χ1) is 7.20. The van der Waals surface area contributed by atoms with Crippen molar-refractivity contribution >= 4 is 11.1 Å². The van der Waals surface area contributed by atoms with Gasteiger partial charge in [0, 0.05) is 19.0 Å². The van der Waals surface area contributed by atoms with Crippen LogP contribution in [0.5, 0.6) is 0 Å². The maximum absolute atomic E-state index is 10.5.